The number of rotatable bonds is 5. The van der Waals surface area contributed by atoms with Gasteiger partial charge < -0.3 is 5.32 Å². The molecule has 0 amide bonds. The summed E-state index contributed by atoms with van der Waals surface area (Å²) in [6.45, 7) is 8.39. The van der Waals surface area contributed by atoms with Gasteiger partial charge in [0.1, 0.15) is 0 Å². The monoisotopic (exact) mass is 257 g/mol. The van der Waals surface area contributed by atoms with Crippen LogP contribution in [0, 0.1) is 13.8 Å². The van der Waals surface area contributed by atoms with Gasteiger partial charge in [-0.2, -0.15) is 5.10 Å². The lowest BCUT2D eigenvalue weighted by Gasteiger charge is -2.06. The van der Waals surface area contributed by atoms with Gasteiger partial charge in [-0.15, -0.1) is 0 Å². The zero-order valence-electron chi connectivity index (χ0n) is 12.3. The molecular formula is C16H23N3. The van der Waals surface area contributed by atoms with Crippen LogP contribution in [0.3, 0.4) is 0 Å². The minimum absolute atomic E-state index is 0.879. The highest BCUT2D eigenvalue weighted by atomic mass is 15.3. The van der Waals surface area contributed by atoms with Crippen LogP contribution >= 0.6 is 0 Å². The van der Waals surface area contributed by atoms with Crippen LogP contribution in [0.2, 0.25) is 0 Å². The fraction of sp³-hybridized carbons (Fsp3) is 0.438. The Kier molecular flexibility index (Phi) is 4.38. The molecule has 3 nitrogen and oxygen atoms in total. The molecule has 0 saturated heterocycles. The number of nitrogens with one attached hydrogen (secondary N) is 1. The van der Waals surface area contributed by atoms with E-state index in [9.17, 15) is 0 Å². The largest absolute Gasteiger partial charge is 0.313 e. The molecule has 1 N–H and O–H groups in total. The predicted octanol–water partition coefficient (Wildman–Crippen LogP) is 3.20. The molecule has 3 heteroatoms. The molecule has 0 aliphatic heterocycles. The highest BCUT2D eigenvalue weighted by Gasteiger charge is 2.10. The summed E-state index contributed by atoms with van der Waals surface area (Å²) in [5, 5.41) is 8.05. The van der Waals surface area contributed by atoms with E-state index in [-0.39, 0.29) is 0 Å². The molecule has 1 aromatic heterocycles. The van der Waals surface area contributed by atoms with Gasteiger partial charge in [-0.05, 0) is 44.0 Å². The van der Waals surface area contributed by atoms with Gasteiger partial charge in [-0.3, -0.25) is 4.68 Å². The lowest BCUT2D eigenvalue weighted by atomic mass is 10.0. The van der Waals surface area contributed by atoms with E-state index in [1.54, 1.807) is 0 Å². The van der Waals surface area contributed by atoms with Crippen LogP contribution in [0.25, 0.3) is 11.3 Å². The van der Waals surface area contributed by atoms with Gasteiger partial charge in [0.15, 0.2) is 0 Å². The molecule has 0 spiro atoms. The third-order valence-electron chi connectivity index (χ3n) is 3.43. The van der Waals surface area contributed by atoms with Crippen molar-refractivity contribution in [3.05, 3.63) is 41.1 Å². The van der Waals surface area contributed by atoms with Crippen molar-refractivity contribution < 1.29 is 0 Å². The summed E-state index contributed by atoms with van der Waals surface area (Å²) in [5.74, 6) is 0. The van der Waals surface area contributed by atoms with Gasteiger partial charge in [0.25, 0.3) is 0 Å². The first-order valence-electron chi connectivity index (χ1n) is 6.92. The summed E-state index contributed by atoms with van der Waals surface area (Å²) < 4.78 is 1.90. The Balaban J connectivity index is 2.29. The van der Waals surface area contributed by atoms with Crippen LogP contribution in [-0.2, 0) is 13.6 Å². The maximum atomic E-state index is 4.61. The average Bonchev–Trinajstić information content (AvgIpc) is 2.74. The van der Waals surface area contributed by atoms with Crippen molar-refractivity contribution in [2.24, 2.45) is 7.05 Å². The number of aryl methyl sites for hydroxylation is 3. The van der Waals surface area contributed by atoms with E-state index in [1.807, 2.05) is 11.7 Å². The molecule has 1 heterocycles. The van der Waals surface area contributed by atoms with Crippen molar-refractivity contribution in [2.75, 3.05) is 6.54 Å². The Bertz CT molecular complexity index is 555. The van der Waals surface area contributed by atoms with Gasteiger partial charge in [-0.1, -0.05) is 19.1 Å². The quantitative estimate of drug-likeness (QED) is 0.834. The van der Waals surface area contributed by atoms with Gasteiger partial charge in [0.05, 0.1) is 5.69 Å². The van der Waals surface area contributed by atoms with Crippen molar-refractivity contribution in [2.45, 2.75) is 33.7 Å². The smallest absolute Gasteiger partial charge is 0.0968 e. The first-order valence-corrected chi connectivity index (χ1v) is 6.92. The topological polar surface area (TPSA) is 29.9 Å². The van der Waals surface area contributed by atoms with Crippen LogP contribution in [0.4, 0.5) is 0 Å². The lowest BCUT2D eigenvalue weighted by molar-refractivity contribution is 0.675. The van der Waals surface area contributed by atoms with Crippen molar-refractivity contribution >= 4 is 0 Å². The normalized spacial score (nSPS) is 10.9. The molecule has 0 aliphatic rings. The zero-order chi connectivity index (χ0) is 13.8. The summed E-state index contributed by atoms with van der Waals surface area (Å²) in [6.07, 6.45) is 3.26. The second kappa shape index (κ2) is 6.02. The molecule has 0 aliphatic carbocycles. The second-order valence-electron chi connectivity index (χ2n) is 5.15. The molecule has 2 aromatic rings. The van der Waals surface area contributed by atoms with Gasteiger partial charge in [0.2, 0.25) is 0 Å². The first kappa shape index (κ1) is 13.8. The van der Waals surface area contributed by atoms with E-state index < -0.39 is 0 Å². The minimum atomic E-state index is 0.879. The van der Waals surface area contributed by atoms with Gasteiger partial charge in [-0.25, -0.2) is 0 Å². The molecule has 0 saturated carbocycles. The van der Waals surface area contributed by atoms with Crippen LogP contribution in [0.1, 0.15) is 30.0 Å². The van der Waals surface area contributed by atoms with E-state index in [0.717, 1.165) is 25.2 Å². The SMILES string of the molecule is CCCNCc1cn(C)nc1-c1ccc(C)c(C)c1. The first-order chi connectivity index (χ1) is 9.11. The third kappa shape index (κ3) is 3.24. The van der Waals surface area contributed by atoms with Crippen molar-refractivity contribution in [1.29, 1.82) is 0 Å². The number of aromatic nitrogens is 2. The second-order valence-corrected chi connectivity index (χ2v) is 5.15. The molecule has 1 aromatic carbocycles. The molecule has 2 rings (SSSR count). The Morgan fingerprint density at radius 3 is 2.68 bits per heavy atom. The molecule has 0 unspecified atom stereocenters. The van der Waals surface area contributed by atoms with Crippen LogP contribution in [0.5, 0.6) is 0 Å². The summed E-state index contributed by atoms with van der Waals surface area (Å²) in [6, 6.07) is 6.55. The van der Waals surface area contributed by atoms with Crippen molar-refractivity contribution in [1.82, 2.24) is 15.1 Å². The molecule has 0 radical (unpaired) electrons. The summed E-state index contributed by atoms with van der Waals surface area (Å²) >= 11 is 0. The van der Waals surface area contributed by atoms with Crippen LogP contribution in [0.15, 0.2) is 24.4 Å². The Hall–Kier alpha value is -1.61. The zero-order valence-corrected chi connectivity index (χ0v) is 12.3. The van der Waals surface area contributed by atoms with Gasteiger partial charge >= 0.3 is 0 Å². The molecular weight excluding hydrogens is 234 g/mol. The van der Waals surface area contributed by atoms with Gasteiger partial charge in [0, 0.05) is 30.9 Å². The standard InChI is InChI=1S/C16H23N3/c1-5-8-17-10-15-11-19(4)18-16(15)14-7-6-12(2)13(3)9-14/h6-7,9,11,17H,5,8,10H2,1-4H3. The average molecular weight is 257 g/mol. The Labute approximate surface area is 115 Å². The fourth-order valence-electron chi connectivity index (χ4n) is 2.20. The minimum Gasteiger partial charge on any atom is -0.313 e. The van der Waals surface area contributed by atoms with Crippen molar-refractivity contribution in [3.8, 4) is 11.3 Å². The lowest BCUT2D eigenvalue weighted by Crippen LogP contribution is -2.13. The number of hydrogen-bond acceptors (Lipinski definition) is 2. The summed E-state index contributed by atoms with van der Waals surface area (Å²) in [7, 11) is 1.98. The Morgan fingerprint density at radius 1 is 1.21 bits per heavy atom. The van der Waals surface area contributed by atoms with E-state index in [1.165, 1.54) is 22.3 Å². The fourth-order valence-corrected chi connectivity index (χ4v) is 2.20. The summed E-state index contributed by atoms with van der Waals surface area (Å²) in [4.78, 5) is 0. The molecule has 19 heavy (non-hydrogen) atoms. The highest BCUT2D eigenvalue weighted by molar-refractivity contribution is 5.64. The molecule has 102 valence electrons. The predicted molar refractivity (Wildman–Crippen MR) is 80.1 cm³/mol. The van der Waals surface area contributed by atoms with Crippen LogP contribution < -0.4 is 5.32 Å². The number of nitrogens with zero attached hydrogens (tertiary/aromatic N) is 2. The molecule has 0 fully saturated rings. The number of benzene rings is 1. The maximum absolute atomic E-state index is 4.61. The van der Waals surface area contributed by atoms with E-state index >= 15 is 0 Å². The molecule has 0 bridgehead atoms. The van der Waals surface area contributed by atoms with Crippen LogP contribution in [-0.4, -0.2) is 16.3 Å². The maximum Gasteiger partial charge on any atom is 0.0968 e. The van der Waals surface area contributed by atoms with E-state index in [0.29, 0.717) is 0 Å². The van der Waals surface area contributed by atoms with Crippen molar-refractivity contribution in [3.63, 3.8) is 0 Å². The third-order valence-corrected chi connectivity index (χ3v) is 3.43. The number of hydrogen-bond donors (Lipinski definition) is 1. The highest BCUT2D eigenvalue weighted by Crippen LogP contribution is 2.24. The molecule has 0 atom stereocenters. The Morgan fingerprint density at radius 2 is 2.00 bits per heavy atom. The van der Waals surface area contributed by atoms with E-state index in [2.05, 4.69) is 55.6 Å². The summed E-state index contributed by atoms with van der Waals surface area (Å²) in [5.41, 5.74) is 6.20. The van der Waals surface area contributed by atoms with E-state index in [4.69, 9.17) is 0 Å².